The van der Waals surface area contributed by atoms with Gasteiger partial charge in [-0.15, -0.1) is 11.3 Å². The Morgan fingerprint density at radius 2 is 2.44 bits per heavy atom. The number of pyridine rings is 1. The highest BCUT2D eigenvalue weighted by Crippen LogP contribution is 2.23. The molecule has 0 spiro atoms. The molecule has 0 aromatic carbocycles. The molecule has 3 rings (SSSR count). The van der Waals surface area contributed by atoms with Gasteiger partial charge in [-0.3, -0.25) is 4.98 Å². The predicted octanol–water partition coefficient (Wildman–Crippen LogP) is 2.35. The van der Waals surface area contributed by atoms with Gasteiger partial charge in [0.15, 0.2) is 0 Å². The molecule has 2 aromatic heterocycles. The first kappa shape index (κ1) is 10.2. The highest BCUT2D eigenvalue weighted by atomic mass is 32.1. The zero-order chi connectivity index (χ0) is 11.0. The van der Waals surface area contributed by atoms with Crippen LogP contribution in [0.5, 0.6) is 0 Å². The topological polar surface area (TPSA) is 34.1 Å². The van der Waals surface area contributed by atoms with Crippen molar-refractivity contribution in [3.63, 3.8) is 0 Å². The largest absolute Gasteiger partial charge is 0.378 e. The van der Waals surface area contributed by atoms with Crippen LogP contribution in [0.4, 0.5) is 0 Å². The van der Waals surface area contributed by atoms with Crippen molar-refractivity contribution < 1.29 is 4.74 Å². The van der Waals surface area contributed by atoms with E-state index >= 15 is 0 Å². The van der Waals surface area contributed by atoms with Crippen molar-refractivity contribution in [2.75, 3.05) is 13.2 Å². The highest BCUT2D eigenvalue weighted by Gasteiger charge is 2.20. The first-order chi connectivity index (χ1) is 7.83. The molecule has 0 saturated carbocycles. The Hall–Kier alpha value is -0.970. The summed E-state index contributed by atoms with van der Waals surface area (Å²) in [6.45, 7) is 3.84. The molecule has 84 valence electrons. The lowest BCUT2D eigenvalue weighted by Crippen LogP contribution is -2.46. The molecule has 16 heavy (non-hydrogen) atoms. The van der Waals surface area contributed by atoms with Gasteiger partial charge in [0.05, 0.1) is 29.5 Å². The number of rotatable bonds is 3. The van der Waals surface area contributed by atoms with E-state index in [4.69, 9.17) is 4.74 Å². The number of nitrogens with zero attached hydrogens (tertiary/aromatic N) is 1. The van der Waals surface area contributed by atoms with Gasteiger partial charge in [0.25, 0.3) is 0 Å². The smallest absolute Gasteiger partial charge is 0.0809 e. The van der Waals surface area contributed by atoms with Crippen LogP contribution in [-0.2, 0) is 4.74 Å². The molecule has 1 atom stereocenters. The van der Waals surface area contributed by atoms with Gasteiger partial charge in [-0.2, -0.15) is 0 Å². The van der Waals surface area contributed by atoms with Crippen molar-refractivity contribution in [1.82, 2.24) is 10.3 Å². The van der Waals surface area contributed by atoms with Gasteiger partial charge in [0.2, 0.25) is 0 Å². The van der Waals surface area contributed by atoms with Crippen LogP contribution in [0.2, 0.25) is 0 Å². The van der Waals surface area contributed by atoms with Gasteiger partial charge in [-0.1, -0.05) is 0 Å². The monoisotopic (exact) mass is 234 g/mol. The van der Waals surface area contributed by atoms with Crippen molar-refractivity contribution in [2.24, 2.45) is 0 Å². The van der Waals surface area contributed by atoms with E-state index in [9.17, 15) is 0 Å². The quantitative estimate of drug-likeness (QED) is 0.885. The number of ether oxygens (including phenoxy) is 1. The van der Waals surface area contributed by atoms with Crippen LogP contribution in [0.1, 0.15) is 18.5 Å². The molecule has 4 heteroatoms. The average Bonchev–Trinajstić information content (AvgIpc) is 2.69. The van der Waals surface area contributed by atoms with Gasteiger partial charge in [0, 0.05) is 12.2 Å². The van der Waals surface area contributed by atoms with E-state index in [1.807, 2.05) is 6.20 Å². The summed E-state index contributed by atoms with van der Waals surface area (Å²) in [6.07, 6.45) is 1.96. The van der Waals surface area contributed by atoms with Crippen molar-refractivity contribution in [3.8, 4) is 0 Å². The lowest BCUT2D eigenvalue weighted by molar-refractivity contribution is -0.00925. The summed E-state index contributed by atoms with van der Waals surface area (Å²) in [4.78, 5) is 4.45. The second-order valence-electron chi connectivity index (χ2n) is 4.20. The molecule has 1 saturated heterocycles. The van der Waals surface area contributed by atoms with Crippen molar-refractivity contribution >= 4 is 21.6 Å². The Morgan fingerprint density at radius 1 is 1.56 bits per heavy atom. The van der Waals surface area contributed by atoms with Gasteiger partial charge in [-0.25, -0.2) is 0 Å². The molecule has 0 aliphatic carbocycles. The molecule has 1 aliphatic rings. The summed E-state index contributed by atoms with van der Waals surface area (Å²) in [7, 11) is 0. The molecule has 3 heterocycles. The maximum absolute atomic E-state index is 5.15. The molecule has 0 amide bonds. The van der Waals surface area contributed by atoms with Crippen molar-refractivity contribution in [1.29, 1.82) is 0 Å². The molecular formula is C12H14N2OS. The fraction of sp³-hybridized carbons (Fsp3) is 0.417. The number of fused-ring (bicyclic) bond motifs is 1. The minimum Gasteiger partial charge on any atom is -0.378 e. The standard InChI is InChI=1S/C12H14N2OS/c1-8(14-10-6-15-7-10)9-4-12-11(13-5-9)2-3-16-12/h2-5,8,10,14H,6-7H2,1H3. The molecule has 0 radical (unpaired) electrons. The third kappa shape index (κ3) is 1.84. The van der Waals surface area contributed by atoms with E-state index in [2.05, 4.69) is 34.7 Å². The van der Waals surface area contributed by atoms with Crippen LogP contribution in [0.15, 0.2) is 23.7 Å². The summed E-state index contributed by atoms with van der Waals surface area (Å²) >= 11 is 1.74. The average molecular weight is 234 g/mol. The zero-order valence-corrected chi connectivity index (χ0v) is 9.96. The molecule has 3 nitrogen and oxygen atoms in total. The van der Waals surface area contributed by atoms with Gasteiger partial charge < -0.3 is 10.1 Å². The van der Waals surface area contributed by atoms with E-state index in [0.717, 1.165) is 18.7 Å². The van der Waals surface area contributed by atoms with Gasteiger partial charge in [0.1, 0.15) is 0 Å². The summed E-state index contributed by atoms with van der Waals surface area (Å²) < 4.78 is 6.41. The van der Waals surface area contributed by atoms with Crippen molar-refractivity contribution in [2.45, 2.75) is 19.0 Å². The van der Waals surface area contributed by atoms with Gasteiger partial charge >= 0.3 is 0 Å². The Morgan fingerprint density at radius 3 is 3.19 bits per heavy atom. The normalized spacial score (nSPS) is 18.6. The molecule has 1 fully saturated rings. The Bertz CT molecular complexity index is 492. The summed E-state index contributed by atoms with van der Waals surface area (Å²) in [5, 5.41) is 5.61. The van der Waals surface area contributed by atoms with Crippen molar-refractivity contribution in [3.05, 3.63) is 29.3 Å². The second kappa shape index (κ2) is 4.13. The maximum Gasteiger partial charge on any atom is 0.0809 e. The minimum atomic E-state index is 0.341. The van der Waals surface area contributed by atoms with Crippen LogP contribution < -0.4 is 5.32 Å². The van der Waals surface area contributed by atoms with E-state index in [0.29, 0.717) is 12.1 Å². The third-order valence-corrected chi connectivity index (χ3v) is 3.80. The molecule has 0 bridgehead atoms. The predicted molar refractivity (Wildman–Crippen MR) is 65.8 cm³/mol. The highest BCUT2D eigenvalue weighted by molar-refractivity contribution is 7.17. The number of hydrogen-bond acceptors (Lipinski definition) is 4. The number of nitrogens with one attached hydrogen (secondary N) is 1. The summed E-state index contributed by atoms with van der Waals surface area (Å²) in [6, 6.07) is 5.13. The first-order valence-electron chi connectivity index (χ1n) is 5.50. The van der Waals surface area contributed by atoms with E-state index in [1.165, 1.54) is 10.3 Å². The van der Waals surface area contributed by atoms with E-state index in [-0.39, 0.29) is 0 Å². The SMILES string of the molecule is CC(NC1COC1)c1cnc2ccsc2c1. The number of aromatic nitrogens is 1. The zero-order valence-electron chi connectivity index (χ0n) is 9.14. The van der Waals surface area contributed by atoms with Gasteiger partial charge in [-0.05, 0) is 30.0 Å². The summed E-state index contributed by atoms with van der Waals surface area (Å²) in [5.41, 5.74) is 2.34. The van der Waals surface area contributed by atoms with Crippen LogP contribution in [0.3, 0.4) is 0 Å². The first-order valence-corrected chi connectivity index (χ1v) is 6.38. The Labute approximate surface area is 98.5 Å². The molecule has 2 aromatic rings. The number of thiophene rings is 1. The minimum absolute atomic E-state index is 0.341. The fourth-order valence-electron chi connectivity index (χ4n) is 1.88. The second-order valence-corrected chi connectivity index (χ2v) is 5.14. The lowest BCUT2D eigenvalue weighted by atomic mass is 10.1. The molecular weight excluding hydrogens is 220 g/mol. The van der Waals surface area contributed by atoms with E-state index in [1.54, 1.807) is 11.3 Å². The lowest BCUT2D eigenvalue weighted by Gasteiger charge is -2.30. The Balaban J connectivity index is 1.80. The van der Waals surface area contributed by atoms with Crippen LogP contribution in [-0.4, -0.2) is 24.2 Å². The molecule has 1 unspecified atom stereocenters. The number of hydrogen-bond donors (Lipinski definition) is 1. The molecule has 1 aliphatic heterocycles. The third-order valence-electron chi connectivity index (χ3n) is 2.95. The fourth-order valence-corrected chi connectivity index (χ4v) is 2.67. The Kier molecular flexibility index (Phi) is 2.63. The van der Waals surface area contributed by atoms with Crippen LogP contribution in [0, 0.1) is 0 Å². The van der Waals surface area contributed by atoms with Crippen LogP contribution >= 0.6 is 11.3 Å². The van der Waals surface area contributed by atoms with E-state index < -0.39 is 0 Å². The summed E-state index contributed by atoms with van der Waals surface area (Å²) in [5.74, 6) is 0. The molecule has 1 N–H and O–H groups in total. The maximum atomic E-state index is 5.15. The van der Waals surface area contributed by atoms with Crippen LogP contribution in [0.25, 0.3) is 10.2 Å².